The third-order valence-corrected chi connectivity index (χ3v) is 3.02. The van der Waals surface area contributed by atoms with E-state index in [4.69, 9.17) is 11.6 Å². The van der Waals surface area contributed by atoms with Gasteiger partial charge in [0.05, 0.1) is 11.7 Å². The Morgan fingerprint density at radius 3 is 2.71 bits per heavy atom. The summed E-state index contributed by atoms with van der Waals surface area (Å²) >= 11 is 5.84. The summed E-state index contributed by atoms with van der Waals surface area (Å²) in [4.78, 5) is 0. The average molecular weight is 304 g/mol. The summed E-state index contributed by atoms with van der Waals surface area (Å²) < 4.78 is 0. The summed E-state index contributed by atoms with van der Waals surface area (Å²) in [7, 11) is 0. The highest BCUT2D eigenvalue weighted by atomic mass is 35.5. The van der Waals surface area contributed by atoms with Gasteiger partial charge in [-0.25, -0.2) is 0 Å². The molecule has 0 saturated carbocycles. The van der Waals surface area contributed by atoms with E-state index in [1.54, 1.807) is 6.07 Å². The van der Waals surface area contributed by atoms with Crippen LogP contribution in [0.1, 0.15) is 19.4 Å². The Bertz CT molecular complexity index is 600. The summed E-state index contributed by atoms with van der Waals surface area (Å²) in [6.45, 7) is 4.77. The van der Waals surface area contributed by atoms with E-state index in [1.807, 2.05) is 32.0 Å². The molecule has 0 aliphatic heterocycles. The van der Waals surface area contributed by atoms with E-state index >= 15 is 0 Å². The second kappa shape index (κ2) is 7.69. The number of halogens is 1. The Morgan fingerprint density at radius 2 is 2.00 bits per heavy atom. The third-order valence-electron chi connectivity index (χ3n) is 2.84. The maximum atomic E-state index is 5.84. The quantitative estimate of drug-likeness (QED) is 0.810. The van der Waals surface area contributed by atoms with Gasteiger partial charge < -0.3 is 5.32 Å². The first-order valence-corrected chi connectivity index (χ1v) is 7.28. The lowest BCUT2D eigenvalue weighted by molar-refractivity contribution is 0.697. The zero-order valence-electron chi connectivity index (χ0n) is 12.1. The molecule has 0 bridgehead atoms. The molecule has 0 amide bonds. The van der Waals surface area contributed by atoms with Gasteiger partial charge >= 0.3 is 0 Å². The molecule has 1 heterocycles. The standard InChI is InChI=1S/C15H18ClN5/c1-3-17-13-10-14(16)19-21-15(13)20-18-11(2)9-12-7-5-4-6-8-12/h4-8,10-11H,3,9H2,1-2H3,(H,17,19). The summed E-state index contributed by atoms with van der Waals surface area (Å²) in [5.41, 5.74) is 1.98. The Labute approximate surface area is 129 Å². The number of aromatic nitrogens is 2. The van der Waals surface area contributed by atoms with Crippen molar-refractivity contribution in [2.45, 2.75) is 26.3 Å². The van der Waals surface area contributed by atoms with Gasteiger partial charge in [-0.15, -0.1) is 15.3 Å². The maximum absolute atomic E-state index is 5.84. The molecule has 0 spiro atoms. The van der Waals surface area contributed by atoms with E-state index in [0.29, 0.717) is 11.0 Å². The van der Waals surface area contributed by atoms with Crippen molar-refractivity contribution in [1.82, 2.24) is 10.2 Å². The van der Waals surface area contributed by atoms with Crippen molar-refractivity contribution in [3.05, 3.63) is 47.1 Å². The Kier molecular flexibility index (Phi) is 5.63. The van der Waals surface area contributed by atoms with E-state index in [0.717, 1.165) is 18.7 Å². The fourth-order valence-corrected chi connectivity index (χ4v) is 2.05. The molecule has 1 N–H and O–H groups in total. The Hall–Kier alpha value is -2.01. The summed E-state index contributed by atoms with van der Waals surface area (Å²) in [6, 6.07) is 12.0. The van der Waals surface area contributed by atoms with Gasteiger partial charge in [-0.3, -0.25) is 0 Å². The lowest BCUT2D eigenvalue weighted by Gasteiger charge is -2.07. The van der Waals surface area contributed by atoms with Crippen LogP contribution in [-0.2, 0) is 6.42 Å². The number of benzene rings is 1. The highest BCUT2D eigenvalue weighted by Gasteiger charge is 2.06. The van der Waals surface area contributed by atoms with Crippen LogP contribution in [0.3, 0.4) is 0 Å². The molecule has 0 fully saturated rings. The van der Waals surface area contributed by atoms with Crippen molar-refractivity contribution in [2.24, 2.45) is 10.2 Å². The van der Waals surface area contributed by atoms with Crippen LogP contribution >= 0.6 is 11.6 Å². The van der Waals surface area contributed by atoms with Crippen LogP contribution in [0.4, 0.5) is 11.5 Å². The fraction of sp³-hybridized carbons (Fsp3) is 0.333. The van der Waals surface area contributed by atoms with E-state index in [2.05, 4.69) is 37.9 Å². The minimum absolute atomic E-state index is 0.0688. The van der Waals surface area contributed by atoms with Gasteiger partial charge in [0.15, 0.2) is 5.15 Å². The second-order valence-electron chi connectivity index (χ2n) is 4.69. The van der Waals surface area contributed by atoms with Crippen LogP contribution in [0.15, 0.2) is 46.6 Å². The van der Waals surface area contributed by atoms with E-state index in [1.165, 1.54) is 5.56 Å². The molecule has 110 valence electrons. The van der Waals surface area contributed by atoms with E-state index < -0.39 is 0 Å². The molecular weight excluding hydrogens is 286 g/mol. The first-order chi connectivity index (χ1) is 10.2. The average Bonchev–Trinajstić information content (AvgIpc) is 2.48. The van der Waals surface area contributed by atoms with Gasteiger partial charge in [0.25, 0.3) is 0 Å². The first kappa shape index (κ1) is 15.4. The molecule has 1 atom stereocenters. The molecule has 1 unspecified atom stereocenters. The molecule has 21 heavy (non-hydrogen) atoms. The molecule has 2 rings (SSSR count). The number of rotatable bonds is 6. The summed E-state index contributed by atoms with van der Waals surface area (Å²) in [6.07, 6.45) is 0.835. The number of hydrogen-bond donors (Lipinski definition) is 1. The number of nitrogens with zero attached hydrogens (tertiary/aromatic N) is 4. The predicted molar refractivity (Wildman–Crippen MR) is 85.3 cm³/mol. The molecule has 6 heteroatoms. The Morgan fingerprint density at radius 1 is 1.24 bits per heavy atom. The van der Waals surface area contributed by atoms with Crippen molar-refractivity contribution in [3.63, 3.8) is 0 Å². The van der Waals surface area contributed by atoms with Gasteiger partial charge in [0.1, 0.15) is 0 Å². The molecule has 0 aliphatic carbocycles. The largest absolute Gasteiger partial charge is 0.382 e. The van der Waals surface area contributed by atoms with Crippen molar-refractivity contribution in [1.29, 1.82) is 0 Å². The van der Waals surface area contributed by atoms with Gasteiger partial charge in [-0.2, -0.15) is 5.11 Å². The third kappa shape index (κ3) is 4.79. The highest BCUT2D eigenvalue weighted by Crippen LogP contribution is 2.24. The van der Waals surface area contributed by atoms with Crippen molar-refractivity contribution >= 4 is 23.1 Å². The minimum Gasteiger partial charge on any atom is -0.382 e. The SMILES string of the molecule is CCNc1cc(Cl)nnc1N=NC(C)Cc1ccccc1. The minimum atomic E-state index is 0.0688. The highest BCUT2D eigenvalue weighted by molar-refractivity contribution is 6.29. The first-order valence-electron chi connectivity index (χ1n) is 6.91. The van der Waals surface area contributed by atoms with Crippen LogP contribution in [0, 0.1) is 0 Å². The monoisotopic (exact) mass is 303 g/mol. The van der Waals surface area contributed by atoms with Gasteiger partial charge in [-0.1, -0.05) is 41.9 Å². The summed E-state index contributed by atoms with van der Waals surface area (Å²) in [5, 5.41) is 19.8. The van der Waals surface area contributed by atoms with Gasteiger partial charge in [0.2, 0.25) is 5.82 Å². The fourth-order valence-electron chi connectivity index (χ4n) is 1.91. The van der Waals surface area contributed by atoms with Crippen LogP contribution in [0.2, 0.25) is 5.15 Å². The summed E-state index contributed by atoms with van der Waals surface area (Å²) in [5.74, 6) is 0.459. The zero-order chi connectivity index (χ0) is 15.1. The molecule has 5 nitrogen and oxygen atoms in total. The van der Waals surface area contributed by atoms with E-state index in [9.17, 15) is 0 Å². The van der Waals surface area contributed by atoms with Crippen molar-refractivity contribution < 1.29 is 0 Å². The zero-order valence-corrected chi connectivity index (χ0v) is 12.9. The van der Waals surface area contributed by atoms with Crippen molar-refractivity contribution in [3.8, 4) is 0 Å². The lowest BCUT2D eigenvalue weighted by Crippen LogP contribution is -2.02. The lowest BCUT2D eigenvalue weighted by atomic mass is 10.1. The van der Waals surface area contributed by atoms with Crippen LogP contribution < -0.4 is 5.32 Å². The molecule has 0 saturated heterocycles. The number of azo groups is 1. The smallest absolute Gasteiger partial charge is 0.219 e. The van der Waals surface area contributed by atoms with Gasteiger partial charge in [0, 0.05) is 12.6 Å². The van der Waals surface area contributed by atoms with Crippen LogP contribution in [-0.4, -0.2) is 22.8 Å². The topological polar surface area (TPSA) is 62.5 Å². The molecule has 2 aromatic rings. The van der Waals surface area contributed by atoms with Crippen LogP contribution in [0.25, 0.3) is 0 Å². The molecule has 0 radical (unpaired) electrons. The molecule has 1 aromatic heterocycles. The van der Waals surface area contributed by atoms with Crippen molar-refractivity contribution in [2.75, 3.05) is 11.9 Å². The maximum Gasteiger partial charge on any atom is 0.219 e. The predicted octanol–water partition coefficient (Wildman–Crippen LogP) is 4.28. The molecule has 0 aliphatic rings. The second-order valence-corrected chi connectivity index (χ2v) is 5.08. The number of hydrogen-bond acceptors (Lipinski definition) is 5. The normalized spacial score (nSPS) is 12.5. The molecular formula is C15H18ClN5. The number of nitrogens with one attached hydrogen (secondary N) is 1. The van der Waals surface area contributed by atoms with Gasteiger partial charge in [-0.05, 0) is 25.8 Å². The van der Waals surface area contributed by atoms with E-state index in [-0.39, 0.29) is 6.04 Å². The molecule has 1 aromatic carbocycles. The van der Waals surface area contributed by atoms with Crippen LogP contribution in [0.5, 0.6) is 0 Å². The Balaban J connectivity index is 2.06. The number of anilines is 1.